The van der Waals surface area contributed by atoms with E-state index in [-0.39, 0.29) is 11.4 Å². The van der Waals surface area contributed by atoms with Crippen molar-refractivity contribution in [3.63, 3.8) is 0 Å². The minimum absolute atomic E-state index is 0.00241. The van der Waals surface area contributed by atoms with E-state index in [2.05, 4.69) is 15.9 Å². The average molecular weight is 311 g/mol. The molecule has 5 heteroatoms. The third-order valence-corrected chi connectivity index (χ3v) is 4.51. The zero-order valence-electron chi connectivity index (χ0n) is 8.88. The van der Waals surface area contributed by atoms with Crippen LogP contribution in [-0.2, 0) is 0 Å². The highest BCUT2D eigenvalue weighted by Crippen LogP contribution is 2.24. The van der Waals surface area contributed by atoms with Gasteiger partial charge >= 0.3 is 0 Å². The van der Waals surface area contributed by atoms with E-state index >= 15 is 0 Å². The molecule has 0 unspecified atom stereocenters. The summed E-state index contributed by atoms with van der Waals surface area (Å²) in [7, 11) is 1.77. The summed E-state index contributed by atoms with van der Waals surface area (Å²) in [4.78, 5) is 13.7. The number of nitrogens with zero attached hydrogens (tertiary/aromatic N) is 1. The van der Waals surface area contributed by atoms with Gasteiger partial charge in [-0.2, -0.15) is 0 Å². The Kier molecular flexibility index (Phi) is 4.20. The van der Waals surface area contributed by atoms with Gasteiger partial charge in [0.1, 0.15) is 0 Å². The van der Waals surface area contributed by atoms with Crippen molar-refractivity contribution in [1.29, 1.82) is 0 Å². The summed E-state index contributed by atoms with van der Waals surface area (Å²) < 4.78 is 0.961. The molecule has 0 saturated carbocycles. The molecule has 0 radical (unpaired) electrons. The van der Waals surface area contributed by atoms with Gasteiger partial charge in [-0.3, -0.25) is 4.79 Å². The molecule has 0 aromatic carbocycles. The van der Waals surface area contributed by atoms with Crippen molar-refractivity contribution in [2.24, 2.45) is 0 Å². The topological polar surface area (TPSA) is 20.3 Å². The van der Waals surface area contributed by atoms with Crippen molar-refractivity contribution < 1.29 is 4.79 Å². The van der Waals surface area contributed by atoms with Crippen LogP contribution in [-0.4, -0.2) is 29.3 Å². The molecule has 0 saturated heterocycles. The molecular formula is C10H13BrClNOS. The first kappa shape index (κ1) is 13.0. The highest BCUT2D eigenvalue weighted by Gasteiger charge is 2.27. The molecule has 0 aliphatic rings. The van der Waals surface area contributed by atoms with Crippen molar-refractivity contribution in [3.05, 3.63) is 20.8 Å². The van der Waals surface area contributed by atoms with Crippen LogP contribution in [0.4, 0.5) is 0 Å². The van der Waals surface area contributed by atoms with Crippen LogP contribution in [0.15, 0.2) is 15.2 Å². The Bertz CT molecular complexity index is 364. The predicted octanol–water partition coefficient (Wildman–Crippen LogP) is 3.60. The standard InChI is InChI=1S/C10H13BrClNOS/c1-10(2,6-12)13(3)9(14)7-4-8(11)15-5-7/h4-5H,6H2,1-3H3. The van der Waals surface area contributed by atoms with Crippen LogP contribution >= 0.6 is 38.9 Å². The second-order valence-corrected chi connectivity index (χ2v) is 6.51. The van der Waals surface area contributed by atoms with E-state index in [9.17, 15) is 4.79 Å². The van der Waals surface area contributed by atoms with Crippen LogP contribution < -0.4 is 0 Å². The molecule has 2 nitrogen and oxygen atoms in total. The van der Waals surface area contributed by atoms with Crippen LogP contribution in [0.5, 0.6) is 0 Å². The first-order valence-electron chi connectivity index (χ1n) is 4.46. The predicted molar refractivity (Wildman–Crippen MR) is 68.9 cm³/mol. The van der Waals surface area contributed by atoms with Gasteiger partial charge in [0.15, 0.2) is 0 Å². The Morgan fingerprint density at radius 1 is 1.67 bits per heavy atom. The number of alkyl halides is 1. The first-order chi connectivity index (χ1) is 6.88. The van der Waals surface area contributed by atoms with Crippen molar-refractivity contribution in [2.45, 2.75) is 19.4 Å². The van der Waals surface area contributed by atoms with Crippen LogP contribution in [0, 0.1) is 0 Å². The molecule has 0 atom stereocenters. The molecule has 1 rings (SSSR count). The summed E-state index contributed by atoms with van der Waals surface area (Å²) in [6, 6.07) is 1.83. The second-order valence-electron chi connectivity index (χ2n) is 3.95. The zero-order valence-corrected chi connectivity index (χ0v) is 12.0. The van der Waals surface area contributed by atoms with Gasteiger partial charge in [-0.05, 0) is 35.8 Å². The summed E-state index contributed by atoms with van der Waals surface area (Å²) in [5.41, 5.74) is 0.375. The Labute approximate surface area is 107 Å². The van der Waals surface area contributed by atoms with Crippen molar-refractivity contribution in [1.82, 2.24) is 4.90 Å². The lowest BCUT2D eigenvalue weighted by Gasteiger charge is -2.33. The van der Waals surface area contributed by atoms with Gasteiger partial charge in [0.05, 0.1) is 14.9 Å². The smallest absolute Gasteiger partial charge is 0.254 e. The van der Waals surface area contributed by atoms with E-state index in [0.29, 0.717) is 11.4 Å². The number of thiophene rings is 1. The average Bonchev–Trinajstić information content (AvgIpc) is 2.62. The number of carbonyl (C=O) groups is 1. The van der Waals surface area contributed by atoms with Gasteiger partial charge in [-0.1, -0.05) is 0 Å². The molecule has 1 aromatic heterocycles. The van der Waals surface area contributed by atoms with Crippen molar-refractivity contribution >= 4 is 44.8 Å². The molecule has 84 valence electrons. The van der Waals surface area contributed by atoms with Gasteiger partial charge in [0, 0.05) is 18.3 Å². The van der Waals surface area contributed by atoms with E-state index < -0.39 is 0 Å². The van der Waals surface area contributed by atoms with Gasteiger partial charge in [-0.25, -0.2) is 0 Å². The van der Waals surface area contributed by atoms with Crippen LogP contribution in [0.2, 0.25) is 0 Å². The number of rotatable bonds is 3. The van der Waals surface area contributed by atoms with Gasteiger partial charge < -0.3 is 4.90 Å². The summed E-state index contributed by atoms with van der Waals surface area (Å²) >= 11 is 10.7. The van der Waals surface area contributed by atoms with Gasteiger partial charge in [-0.15, -0.1) is 22.9 Å². The quantitative estimate of drug-likeness (QED) is 0.781. The number of carbonyl (C=O) groups excluding carboxylic acids is 1. The largest absolute Gasteiger partial charge is 0.335 e. The molecular weight excluding hydrogens is 298 g/mol. The number of halogens is 2. The van der Waals surface area contributed by atoms with Gasteiger partial charge in [0.25, 0.3) is 5.91 Å². The molecule has 0 fully saturated rings. The maximum Gasteiger partial charge on any atom is 0.254 e. The van der Waals surface area contributed by atoms with Gasteiger partial charge in [0.2, 0.25) is 0 Å². The lowest BCUT2D eigenvalue weighted by atomic mass is 10.1. The van der Waals surface area contributed by atoms with E-state index in [0.717, 1.165) is 3.79 Å². The molecule has 1 amide bonds. The minimum Gasteiger partial charge on any atom is -0.335 e. The SMILES string of the molecule is CN(C(=O)c1csc(Br)c1)C(C)(C)CCl. The lowest BCUT2D eigenvalue weighted by molar-refractivity contribution is 0.0661. The Morgan fingerprint density at radius 3 is 2.67 bits per heavy atom. The number of hydrogen-bond acceptors (Lipinski definition) is 2. The molecule has 1 aromatic rings. The Hall–Kier alpha value is -0.0600. The summed E-state index contributed by atoms with van der Waals surface area (Å²) in [5, 5.41) is 1.84. The molecule has 1 heterocycles. The van der Waals surface area contributed by atoms with E-state index in [4.69, 9.17) is 11.6 Å². The molecule has 0 aliphatic heterocycles. The van der Waals surface area contributed by atoms with E-state index in [1.807, 2.05) is 25.3 Å². The Morgan fingerprint density at radius 2 is 2.27 bits per heavy atom. The van der Waals surface area contributed by atoms with Crippen molar-refractivity contribution in [2.75, 3.05) is 12.9 Å². The summed E-state index contributed by atoms with van der Waals surface area (Å²) in [6.45, 7) is 3.89. The zero-order chi connectivity index (χ0) is 11.6. The van der Waals surface area contributed by atoms with Crippen molar-refractivity contribution in [3.8, 4) is 0 Å². The van der Waals surface area contributed by atoms with E-state index in [1.54, 1.807) is 11.9 Å². The maximum absolute atomic E-state index is 12.0. The number of amides is 1. The normalized spacial score (nSPS) is 11.5. The van der Waals surface area contributed by atoms with E-state index in [1.165, 1.54) is 11.3 Å². The molecule has 0 N–H and O–H groups in total. The first-order valence-corrected chi connectivity index (χ1v) is 6.67. The number of hydrogen-bond donors (Lipinski definition) is 0. The lowest BCUT2D eigenvalue weighted by Crippen LogP contribution is -2.46. The summed E-state index contributed by atoms with van der Waals surface area (Å²) in [5.74, 6) is 0.420. The highest BCUT2D eigenvalue weighted by molar-refractivity contribution is 9.11. The fourth-order valence-electron chi connectivity index (χ4n) is 0.980. The molecule has 0 spiro atoms. The Balaban J connectivity index is 2.86. The fraction of sp³-hybridized carbons (Fsp3) is 0.500. The molecule has 0 bridgehead atoms. The minimum atomic E-state index is -0.326. The monoisotopic (exact) mass is 309 g/mol. The third-order valence-electron chi connectivity index (χ3n) is 2.35. The second kappa shape index (κ2) is 4.85. The van der Waals surface area contributed by atoms with Crippen LogP contribution in [0.1, 0.15) is 24.2 Å². The van der Waals surface area contributed by atoms with Crippen LogP contribution in [0.3, 0.4) is 0 Å². The van der Waals surface area contributed by atoms with Crippen LogP contribution in [0.25, 0.3) is 0 Å². The summed E-state index contributed by atoms with van der Waals surface area (Å²) in [6.07, 6.45) is 0. The fourth-order valence-corrected chi connectivity index (χ4v) is 2.29. The third kappa shape index (κ3) is 2.95. The molecule has 0 aliphatic carbocycles. The maximum atomic E-state index is 12.0. The highest BCUT2D eigenvalue weighted by atomic mass is 79.9. The molecule has 15 heavy (non-hydrogen) atoms.